The van der Waals surface area contributed by atoms with E-state index in [0.29, 0.717) is 16.7 Å². The topological polar surface area (TPSA) is 89.3 Å². The third-order valence-corrected chi connectivity index (χ3v) is 1.87. The lowest BCUT2D eigenvalue weighted by Crippen LogP contribution is -1.86. The number of nitrogen functional groups attached to an aromatic ring is 1. The van der Waals surface area contributed by atoms with Crippen molar-refractivity contribution in [2.75, 3.05) is 5.73 Å². The fourth-order valence-corrected chi connectivity index (χ4v) is 1.28. The molecule has 0 amide bonds. The molecule has 1 heterocycles. The zero-order valence-electron chi connectivity index (χ0n) is 7.68. The van der Waals surface area contributed by atoms with Crippen LogP contribution in [0.3, 0.4) is 0 Å². The zero-order valence-corrected chi connectivity index (χ0v) is 7.68. The summed E-state index contributed by atoms with van der Waals surface area (Å²) in [5.41, 5.74) is 7.16. The monoisotopic (exact) mass is 204 g/mol. The number of fused-ring (bicyclic) bond motifs is 1. The van der Waals surface area contributed by atoms with Crippen LogP contribution in [0.5, 0.6) is 0 Å². The summed E-state index contributed by atoms with van der Waals surface area (Å²) in [4.78, 5) is 14.3. The SMILES string of the molecule is Nc1nc2c(/C=C/C(=O)O)cccc2o1. The lowest BCUT2D eigenvalue weighted by Gasteiger charge is -1.91. The fourth-order valence-electron chi connectivity index (χ4n) is 1.28. The largest absolute Gasteiger partial charge is 0.478 e. The van der Waals surface area contributed by atoms with E-state index in [2.05, 4.69) is 4.98 Å². The molecule has 2 rings (SSSR count). The molecule has 0 saturated heterocycles. The third-order valence-electron chi connectivity index (χ3n) is 1.87. The molecule has 0 aliphatic rings. The number of benzene rings is 1. The van der Waals surface area contributed by atoms with Crippen molar-refractivity contribution in [1.29, 1.82) is 0 Å². The van der Waals surface area contributed by atoms with Crippen LogP contribution in [-0.4, -0.2) is 16.1 Å². The van der Waals surface area contributed by atoms with Crippen molar-refractivity contribution in [2.24, 2.45) is 0 Å². The fraction of sp³-hybridized carbons (Fsp3) is 0. The molecule has 5 heteroatoms. The number of carboxylic acid groups (broad SMARTS) is 1. The first kappa shape index (κ1) is 9.26. The number of aliphatic carboxylic acids is 1. The molecule has 0 radical (unpaired) electrons. The maximum absolute atomic E-state index is 10.4. The van der Waals surface area contributed by atoms with Crippen molar-refractivity contribution in [3.63, 3.8) is 0 Å². The summed E-state index contributed by atoms with van der Waals surface area (Å²) in [5, 5.41) is 8.50. The summed E-state index contributed by atoms with van der Waals surface area (Å²) in [6.07, 6.45) is 2.49. The molecule has 0 bridgehead atoms. The minimum Gasteiger partial charge on any atom is -0.478 e. The van der Waals surface area contributed by atoms with E-state index in [-0.39, 0.29) is 6.01 Å². The molecule has 15 heavy (non-hydrogen) atoms. The highest BCUT2D eigenvalue weighted by Gasteiger charge is 2.05. The first-order chi connectivity index (χ1) is 7.16. The first-order valence-corrected chi connectivity index (χ1v) is 4.23. The van der Waals surface area contributed by atoms with Gasteiger partial charge in [-0.2, -0.15) is 4.98 Å². The van der Waals surface area contributed by atoms with Gasteiger partial charge in [0.25, 0.3) is 6.01 Å². The van der Waals surface area contributed by atoms with E-state index in [1.807, 2.05) is 0 Å². The Morgan fingerprint density at radius 2 is 2.33 bits per heavy atom. The van der Waals surface area contributed by atoms with Gasteiger partial charge in [-0.15, -0.1) is 0 Å². The number of hydrogen-bond acceptors (Lipinski definition) is 4. The van der Waals surface area contributed by atoms with Gasteiger partial charge in [-0.05, 0) is 12.1 Å². The second-order valence-electron chi connectivity index (χ2n) is 2.92. The molecule has 3 N–H and O–H groups in total. The van der Waals surface area contributed by atoms with E-state index in [1.54, 1.807) is 18.2 Å². The van der Waals surface area contributed by atoms with Crippen LogP contribution in [0.15, 0.2) is 28.7 Å². The predicted molar refractivity (Wildman–Crippen MR) is 55.1 cm³/mol. The first-order valence-electron chi connectivity index (χ1n) is 4.23. The van der Waals surface area contributed by atoms with Crippen LogP contribution in [0.1, 0.15) is 5.56 Å². The maximum Gasteiger partial charge on any atom is 0.328 e. The lowest BCUT2D eigenvalue weighted by atomic mass is 10.2. The van der Waals surface area contributed by atoms with E-state index in [1.165, 1.54) is 6.08 Å². The number of carbonyl (C=O) groups is 1. The van der Waals surface area contributed by atoms with Crippen LogP contribution in [0.25, 0.3) is 17.2 Å². The molecular weight excluding hydrogens is 196 g/mol. The Morgan fingerprint density at radius 3 is 3.07 bits per heavy atom. The minimum atomic E-state index is -1.01. The zero-order chi connectivity index (χ0) is 10.8. The number of aromatic nitrogens is 1. The number of hydrogen-bond donors (Lipinski definition) is 2. The van der Waals surface area contributed by atoms with E-state index in [4.69, 9.17) is 15.3 Å². The second kappa shape index (κ2) is 3.45. The van der Waals surface area contributed by atoms with Crippen molar-refractivity contribution in [3.8, 4) is 0 Å². The highest BCUT2D eigenvalue weighted by molar-refractivity contribution is 5.90. The van der Waals surface area contributed by atoms with Gasteiger partial charge in [0.2, 0.25) is 0 Å². The summed E-state index contributed by atoms with van der Waals surface area (Å²) in [5.74, 6) is -1.01. The summed E-state index contributed by atoms with van der Waals surface area (Å²) in [7, 11) is 0. The molecule has 0 spiro atoms. The smallest absolute Gasteiger partial charge is 0.328 e. The summed E-state index contributed by atoms with van der Waals surface area (Å²) >= 11 is 0. The van der Waals surface area contributed by atoms with Crippen LogP contribution in [-0.2, 0) is 4.79 Å². The normalized spacial score (nSPS) is 11.2. The average molecular weight is 204 g/mol. The lowest BCUT2D eigenvalue weighted by molar-refractivity contribution is -0.131. The highest BCUT2D eigenvalue weighted by Crippen LogP contribution is 2.21. The number of rotatable bonds is 2. The Hall–Kier alpha value is -2.30. The van der Waals surface area contributed by atoms with Gasteiger partial charge in [-0.25, -0.2) is 4.79 Å². The molecule has 0 fully saturated rings. The van der Waals surface area contributed by atoms with Crippen molar-refractivity contribution in [2.45, 2.75) is 0 Å². The van der Waals surface area contributed by atoms with Crippen molar-refractivity contribution >= 4 is 29.2 Å². The van der Waals surface area contributed by atoms with Gasteiger partial charge in [0.15, 0.2) is 5.58 Å². The van der Waals surface area contributed by atoms with Gasteiger partial charge in [0, 0.05) is 11.6 Å². The number of carboxylic acids is 1. The standard InChI is InChI=1S/C10H8N2O3/c11-10-12-9-6(4-5-8(13)14)2-1-3-7(9)15-10/h1-5H,(H2,11,12)(H,13,14)/b5-4+. The van der Waals surface area contributed by atoms with E-state index >= 15 is 0 Å². The van der Waals surface area contributed by atoms with Crippen LogP contribution in [0, 0.1) is 0 Å². The molecular formula is C10H8N2O3. The van der Waals surface area contributed by atoms with E-state index in [9.17, 15) is 4.79 Å². The molecule has 0 unspecified atom stereocenters. The van der Waals surface area contributed by atoms with Crippen LogP contribution in [0.2, 0.25) is 0 Å². The average Bonchev–Trinajstić information content (AvgIpc) is 2.55. The molecule has 0 atom stereocenters. The van der Waals surface area contributed by atoms with Crippen molar-refractivity contribution in [3.05, 3.63) is 29.8 Å². The van der Waals surface area contributed by atoms with E-state index in [0.717, 1.165) is 6.08 Å². The van der Waals surface area contributed by atoms with Gasteiger partial charge in [-0.1, -0.05) is 12.1 Å². The Labute approximate surface area is 84.8 Å². The Bertz CT molecular complexity index is 543. The highest BCUT2D eigenvalue weighted by atomic mass is 16.4. The predicted octanol–water partition coefficient (Wildman–Crippen LogP) is 1.51. The number of oxazole rings is 1. The van der Waals surface area contributed by atoms with Gasteiger partial charge >= 0.3 is 5.97 Å². The van der Waals surface area contributed by atoms with Gasteiger partial charge in [-0.3, -0.25) is 0 Å². The number of nitrogens with zero attached hydrogens (tertiary/aromatic N) is 1. The third kappa shape index (κ3) is 1.80. The summed E-state index contributed by atoms with van der Waals surface area (Å²) < 4.78 is 5.10. The van der Waals surface area contributed by atoms with Crippen LogP contribution in [0.4, 0.5) is 6.01 Å². The van der Waals surface area contributed by atoms with Crippen LogP contribution >= 0.6 is 0 Å². The summed E-state index contributed by atoms with van der Waals surface area (Å²) in [6.45, 7) is 0. The van der Waals surface area contributed by atoms with Crippen molar-refractivity contribution < 1.29 is 14.3 Å². The molecule has 0 aliphatic carbocycles. The Morgan fingerprint density at radius 1 is 1.53 bits per heavy atom. The quantitative estimate of drug-likeness (QED) is 0.723. The maximum atomic E-state index is 10.4. The van der Waals surface area contributed by atoms with Crippen molar-refractivity contribution in [1.82, 2.24) is 4.98 Å². The summed E-state index contributed by atoms with van der Waals surface area (Å²) in [6, 6.07) is 5.27. The van der Waals surface area contributed by atoms with E-state index < -0.39 is 5.97 Å². The second-order valence-corrected chi connectivity index (χ2v) is 2.92. The van der Waals surface area contributed by atoms with Crippen LogP contribution < -0.4 is 5.73 Å². The molecule has 0 saturated carbocycles. The Kier molecular flexibility index (Phi) is 2.13. The van der Waals surface area contributed by atoms with Gasteiger partial charge in [0.1, 0.15) is 5.52 Å². The molecule has 5 nitrogen and oxygen atoms in total. The molecule has 1 aromatic heterocycles. The van der Waals surface area contributed by atoms with Gasteiger partial charge < -0.3 is 15.3 Å². The molecule has 2 aromatic rings. The number of para-hydroxylation sites is 1. The minimum absolute atomic E-state index is 0.0705. The Balaban J connectivity index is 2.55. The molecule has 1 aromatic carbocycles. The number of anilines is 1. The van der Waals surface area contributed by atoms with Gasteiger partial charge in [0.05, 0.1) is 0 Å². The number of nitrogens with two attached hydrogens (primary N) is 1. The molecule has 76 valence electrons. The molecule has 0 aliphatic heterocycles.